The largest absolute Gasteiger partial charge is 0.450 e. The average Bonchev–Trinajstić information content (AvgIpc) is 2.39. The first-order chi connectivity index (χ1) is 8.74. The van der Waals surface area contributed by atoms with Crippen molar-refractivity contribution in [3.63, 3.8) is 0 Å². The molecule has 1 amide bonds. The summed E-state index contributed by atoms with van der Waals surface area (Å²) in [5.41, 5.74) is 0. The molecule has 1 unspecified atom stereocenters. The van der Waals surface area contributed by atoms with Crippen molar-refractivity contribution in [2.24, 2.45) is 5.92 Å². The van der Waals surface area contributed by atoms with Crippen LogP contribution >= 0.6 is 0 Å². The molecule has 0 aromatic rings. The smallest absolute Gasteiger partial charge is 0.407 e. The Morgan fingerprint density at radius 2 is 1.78 bits per heavy atom. The molecule has 0 heterocycles. The van der Waals surface area contributed by atoms with Crippen LogP contribution in [0, 0.1) is 5.92 Å². The fourth-order valence-electron chi connectivity index (χ4n) is 1.92. The monoisotopic (exact) mass is 257 g/mol. The molecule has 3 heteroatoms. The van der Waals surface area contributed by atoms with E-state index in [1.807, 2.05) is 0 Å². The van der Waals surface area contributed by atoms with Crippen molar-refractivity contribution in [2.75, 3.05) is 13.2 Å². The van der Waals surface area contributed by atoms with Gasteiger partial charge in [0.1, 0.15) is 0 Å². The highest BCUT2D eigenvalue weighted by Crippen LogP contribution is 2.11. The summed E-state index contributed by atoms with van der Waals surface area (Å²) in [5, 5.41) is 2.87. The van der Waals surface area contributed by atoms with E-state index in [4.69, 9.17) is 4.74 Å². The van der Waals surface area contributed by atoms with Crippen LogP contribution < -0.4 is 5.32 Å². The summed E-state index contributed by atoms with van der Waals surface area (Å²) in [4.78, 5) is 11.4. The molecule has 108 valence electrons. The Labute approximate surface area is 113 Å². The Bertz CT molecular complexity index is 195. The first-order valence-corrected chi connectivity index (χ1v) is 7.65. The van der Waals surface area contributed by atoms with E-state index in [1.165, 1.54) is 32.1 Å². The van der Waals surface area contributed by atoms with Crippen LogP contribution in [0.25, 0.3) is 0 Å². The molecular formula is C15H31NO2. The molecule has 0 spiro atoms. The number of hydrogen-bond donors (Lipinski definition) is 1. The van der Waals surface area contributed by atoms with E-state index in [2.05, 4.69) is 26.1 Å². The van der Waals surface area contributed by atoms with Gasteiger partial charge in [-0.15, -0.1) is 0 Å². The maximum atomic E-state index is 11.4. The quantitative estimate of drug-likeness (QED) is 0.553. The summed E-state index contributed by atoms with van der Waals surface area (Å²) in [6, 6.07) is 0. The third kappa shape index (κ3) is 10.4. The molecule has 0 aliphatic heterocycles. The number of ether oxygens (including phenoxy) is 1. The van der Waals surface area contributed by atoms with Crippen molar-refractivity contribution >= 4 is 6.09 Å². The number of amides is 1. The molecule has 0 aliphatic carbocycles. The highest BCUT2D eigenvalue weighted by atomic mass is 16.5. The Morgan fingerprint density at radius 1 is 1.06 bits per heavy atom. The van der Waals surface area contributed by atoms with Gasteiger partial charge in [-0.25, -0.2) is 4.79 Å². The third-order valence-electron chi connectivity index (χ3n) is 3.31. The molecule has 0 fully saturated rings. The lowest BCUT2D eigenvalue weighted by molar-refractivity contribution is 0.142. The molecule has 18 heavy (non-hydrogen) atoms. The van der Waals surface area contributed by atoms with Crippen LogP contribution in [0.4, 0.5) is 4.79 Å². The normalized spacial score (nSPS) is 12.2. The van der Waals surface area contributed by atoms with Crippen LogP contribution in [0.15, 0.2) is 0 Å². The van der Waals surface area contributed by atoms with Gasteiger partial charge in [-0.3, -0.25) is 0 Å². The molecule has 0 aromatic carbocycles. The second-order valence-corrected chi connectivity index (χ2v) is 4.99. The fraction of sp³-hybridized carbons (Fsp3) is 0.933. The molecule has 1 N–H and O–H groups in total. The van der Waals surface area contributed by atoms with E-state index in [-0.39, 0.29) is 6.09 Å². The number of unbranched alkanes of at least 4 members (excludes halogenated alkanes) is 4. The zero-order valence-corrected chi connectivity index (χ0v) is 12.5. The van der Waals surface area contributed by atoms with Gasteiger partial charge in [-0.05, 0) is 18.8 Å². The van der Waals surface area contributed by atoms with Gasteiger partial charge in [-0.2, -0.15) is 0 Å². The minimum atomic E-state index is -0.249. The predicted molar refractivity (Wildman–Crippen MR) is 76.8 cm³/mol. The van der Waals surface area contributed by atoms with E-state index < -0.39 is 0 Å². The molecule has 0 bridgehead atoms. The summed E-state index contributed by atoms with van der Waals surface area (Å²) in [7, 11) is 0. The lowest BCUT2D eigenvalue weighted by Gasteiger charge is -2.15. The minimum absolute atomic E-state index is 0.249. The Morgan fingerprint density at radius 3 is 2.39 bits per heavy atom. The van der Waals surface area contributed by atoms with E-state index in [9.17, 15) is 4.79 Å². The number of carbonyl (C=O) groups is 1. The van der Waals surface area contributed by atoms with Gasteiger partial charge >= 0.3 is 6.09 Å². The molecule has 0 radical (unpaired) electrons. The summed E-state index contributed by atoms with van der Waals surface area (Å²) in [6.45, 7) is 7.86. The van der Waals surface area contributed by atoms with E-state index in [1.54, 1.807) is 0 Å². The van der Waals surface area contributed by atoms with Crippen molar-refractivity contribution in [1.29, 1.82) is 0 Å². The van der Waals surface area contributed by atoms with Crippen molar-refractivity contribution in [1.82, 2.24) is 5.32 Å². The average molecular weight is 257 g/mol. The Hall–Kier alpha value is -0.730. The van der Waals surface area contributed by atoms with Crippen LogP contribution in [0.2, 0.25) is 0 Å². The molecular weight excluding hydrogens is 226 g/mol. The zero-order valence-electron chi connectivity index (χ0n) is 12.5. The van der Waals surface area contributed by atoms with E-state index in [0.29, 0.717) is 12.5 Å². The molecule has 1 atom stereocenters. The molecule has 0 aliphatic rings. The number of nitrogens with one attached hydrogen (secondary N) is 1. The Balaban J connectivity index is 3.49. The lowest BCUT2D eigenvalue weighted by atomic mass is 10.00. The Kier molecular flexibility index (Phi) is 12.2. The van der Waals surface area contributed by atoms with Crippen molar-refractivity contribution in [2.45, 2.75) is 72.1 Å². The van der Waals surface area contributed by atoms with Gasteiger partial charge < -0.3 is 10.1 Å². The second-order valence-electron chi connectivity index (χ2n) is 4.99. The molecule has 0 saturated heterocycles. The van der Waals surface area contributed by atoms with Crippen LogP contribution in [-0.2, 0) is 4.74 Å². The first kappa shape index (κ1) is 17.3. The zero-order chi connectivity index (χ0) is 13.6. The van der Waals surface area contributed by atoms with Crippen LogP contribution in [0.3, 0.4) is 0 Å². The fourth-order valence-corrected chi connectivity index (χ4v) is 1.92. The van der Waals surface area contributed by atoms with Crippen molar-refractivity contribution < 1.29 is 9.53 Å². The molecule has 0 aromatic heterocycles. The van der Waals surface area contributed by atoms with Gasteiger partial charge in [0, 0.05) is 6.54 Å². The summed E-state index contributed by atoms with van der Waals surface area (Å²) in [5.74, 6) is 0.595. The SMILES string of the molecule is CCCCCCOC(=O)NCC(CC)CCCC. The second kappa shape index (κ2) is 12.7. The molecule has 0 saturated carbocycles. The van der Waals surface area contributed by atoms with Gasteiger partial charge in [0.2, 0.25) is 0 Å². The van der Waals surface area contributed by atoms with Crippen LogP contribution in [0.1, 0.15) is 72.1 Å². The maximum absolute atomic E-state index is 11.4. The van der Waals surface area contributed by atoms with Gasteiger partial charge in [0.15, 0.2) is 0 Å². The van der Waals surface area contributed by atoms with Crippen LogP contribution in [-0.4, -0.2) is 19.2 Å². The summed E-state index contributed by atoms with van der Waals surface area (Å²) >= 11 is 0. The highest BCUT2D eigenvalue weighted by molar-refractivity contribution is 5.67. The summed E-state index contributed by atoms with van der Waals surface area (Å²) < 4.78 is 5.14. The van der Waals surface area contributed by atoms with Crippen molar-refractivity contribution in [3.05, 3.63) is 0 Å². The molecule has 3 nitrogen and oxygen atoms in total. The van der Waals surface area contributed by atoms with E-state index in [0.717, 1.165) is 25.8 Å². The predicted octanol–water partition coefficient (Wildman–Crippen LogP) is 4.51. The highest BCUT2D eigenvalue weighted by Gasteiger charge is 2.08. The molecule has 0 rings (SSSR count). The number of carbonyl (C=O) groups excluding carboxylic acids is 1. The number of hydrogen-bond acceptors (Lipinski definition) is 2. The minimum Gasteiger partial charge on any atom is -0.450 e. The van der Waals surface area contributed by atoms with Crippen LogP contribution in [0.5, 0.6) is 0 Å². The van der Waals surface area contributed by atoms with E-state index >= 15 is 0 Å². The standard InChI is InChI=1S/C15H31NO2/c1-4-7-9-10-12-18-15(17)16-13-14(6-3)11-8-5-2/h14H,4-13H2,1-3H3,(H,16,17). The van der Waals surface area contributed by atoms with Gasteiger partial charge in [0.05, 0.1) is 6.61 Å². The maximum Gasteiger partial charge on any atom is 0.407 e. The number of rotatable bonds is 11. The number of alkyl carbamates (subject to hydrolysis) is 1. The third-order valence-corrected chi connectivity index (χ3v) is 3.31. The lowest BCUT2D eigenvalue weighted by Crippen LogP contribution is -2.30. The topological polar surface area (TPSA) is 38.3 Å². The van der Waals surface area contributed by atoms with Gasteiger partial charge in [-0.1, -0.05) is 59.3 Å². The first-order valence-electron chi connectivity index (χ1n) is 7.65. The summed E-state index contributed by atoms with van der Waals surface area (Å²) in [6.07, 6.45) is 9.10. The van der Waals surface area contributed by atoms with Gasteiger partial charge in [0.25, 0.3) is 0 Å². The van der Waals surface area contributed by atoms with Crippen molar-refractivity contribution in [3.8, 4) is 0 Å².